The van der Waals surface area contributed by atoms with Gasteiger partial charge in [-0.3, -0.25) is 0 Å². The molecule has 7 heteroatoms. The van der Waals surface area contributed by atoms with E-state index in [-0.39, 0.29) is 30.5 Å². The fraction of sp³-hybridized carbons (Fsp3) is 0.500. The van der Waals surface area contributed by atoms with Gasteiger partial charge >= 0.3 is 0 Å². The van der Waals surface area contributed by atoms with E-state index in [1.165, 1.54) is 6.07 Å². The Bertz CT molecular complexity index is 531. The van der Waals surface area contributed by atoms with Crippen LogP contribution in [0.5, 0.6) is 0 Å². The molecule has 0 bridgehead atoms. The molecular formula is C16H24FIN4O. The summed E-state index contributed by atoms with van der Waals surface area (Å²) in [6.07, 6.45) is 0.878. The maximum absolute atomic E-state index is 13.8. The number of nitrogens with zero attached hydrogens (tertiary/aromatic N) is 2. The zero-order chi connectivity index (χ0) is 16.2. The van der Waals surface area contributed by atoms with Crippen LogP contribution in [0.15, 0.2) is 23.2 Å². The first-order valence-corrected chi connectivity index (χ1v) is 7.49. The Hall–Kier alpha value is -1.40. The van der Waals surface area contributed by atoms with Crippen molar-refractivity contribution in [3.05, 3.63) is 35.1 Å². The second-order valence-electron chi connectivity index (χ2n) is 4.59. The van der Waals surface area contributed by atoms with Crippen LogP contribution in [0.2, 0.25) is 0 Å². The number of nitrogens with one attached hydrogen (secondary N) is 2. The van der Waals surface area contributed by atoms with Crippen LogP contribution in [-0.2, 0) is 11.3 Å². The summed E-state index contributed by atoms with van der Waals surface area (Å²) < 4.78 is 19.1. The van der Waals surface area contributed by atoms with Crippen molar-refractivity contribution in [3.8, 4) is 6.07 Å². The van der Waals surface area contributed by atoms with Crippen molar-refractivity contribution in [2.24, 2.45) is 4.99 Å². The Morgan fingerprint density at radius 3 is 2.74 bits per heavy atom. The molecule has 0 radical (unpaired) electrons. The first kappa shape index (κ1) is 21.6. The summed E-state index contributed by atoms with van der Waals surface area (Å²) in [7, 11) is 0. The molecule has 0 aromatic heterocycles. The van der Waals surface area contributed by atoms with Crippen LogP contribution in [0, 0.1) is 17.1 Å². The lowest BCUT2D eigenvalue weighted by atomic mass is 10.1. The van der Waals surface area contributed by atoms with Crippen molar-refractivity contribution in [2.75, 3.05) is 26.3 Å². The number of benzene rings is 1. The quantitative estimate of drug-likeness (QED) is 0.286. The van der Waals surface area contributed by atoms with Crippen LogP contribution >= 0.6 is 24.0 Å². The second-order valence-corrected chi connectivity index (χ2v) is 4.59. The SMILES string of the molecule is CCNC(=NCc1ccc(C#N)cc1F)NCCCOCC.I. The Labute approximate surface area is 154 Å². The monoisotopic (exact) mass is 434 g/mol. The van der Waals surface area contributed by atoms with Gasteiger partial charge in [0.1, 0.15) is 5.82 Å². The number of hydrogen-bond donors (Lipinski definition) is 2. The molecule has 128 valence electrons. The minimum absolute atomic E-state index is 0. The third-order valence-electron chi connectivity index (χ3n) is 2.90. The van der Waals surface area contributed by atoms with E-state index in [4.69, 9.17) is 10.00 Å². The molecule has 0 aliphatic heterocycles. The van der Waals surface area contributed by atoms with Crippen molar-refractivity contribution in [1.29, 1.82) is 5.26 Å². The molecule has 1 aromatic rings. The van der Waals surface area contributed by atoms with E-state index in [1.54, 1.807) is 12.1 Å². The molecule has 0 aliphatic rings. The molecule has 0 atom stereocenters. The smallest absolute Gasteiger partial charge is 0.191 e. The molecule has 0 heterocycles. The minimum atomic E-state index is -0.407. The number of guanidine groups is 1. The topological polar surface area (TPSA) is 69.4 Å². The molecule has 1 rings (SSSR count). The van der Waals surface area contributed by atoms with E-state index in [1.807, 2.05) is 19.9 Å². The predicted octanol–water partition coefficient (Wildman–Crippen LogP) is 2.80. The normalized spacial score (nSPS) is 10.6. The highest BCUT2D eigenvalue weighted by atomic mass is 127. The highest BCUT2D eigenvalue weighted by Crippen LogP contribution is 2.10. The number of hydrogen-bond acceptors (Lipinski definition) is 3. The molecule has 23 heavy (non-hydrogen) atoms. The lowest BCUT2D eigenvalue weighted by molar-refractivity contribution is 0.145. The summed E-state index contributed by atoms with van der Waals surface area (Å²) in [6, 6.07) is 6.33. The third-order valence-corrected chi connectivity index (χ3v) is 2.90. The van der Waals surface area contributed by atoms with Crippen molar-refractivity contribution >= 4 is 29.9 Å². The van der Waals surface area contributed by atoms with Gasteiger partial charge in [0, 0.05) is 31.9 Å². The van der Waals surface area contributed by atoms with Gasteiger partial charge in [0.2, 0.25) is 0 Å². The largest absolute Gasteiger partial charge is 0.382 e. The second kappa shape index (κ2) is 13.1. The Balaban J connectivity index is 0.00000484. The first-order chi connectivity index (χ1) is 10.7. The van der Waals surface area contributed by atoms with Crippen LogP contribution in [0.3, 0.4) is 0 Å². The Kier molecular flexibility index (Phi) is 12.3. The number of halogens is 2. The molecule has 0 aliphatic carbocycles. The van der Waals surface area contributed by atoms with Gasteiger partial charge in [-0.25, -0.2) is 9.38 Å². The number of rotatable bonds is 8. The number of ether oxygens (including phenoxy) is 1. The van der Waals surface area contributed by atoms with Gasteiger partial charge in [0.05, 0.1) is 18.2 Å². The lowest BCUT2D eigenvalue weighted by Gasteiger charge is -2.11. The molecule has 0 spiro atoms. The van der Waals surface area contributed by atoms with Crippen molar-refractivity contribution in [2.45, 2.75) is 26.8 Å². The molecule has 0 fully saturated rings. The lowest BCUT2D eigenvalue weighted by Crippen LogP contribution is -2.38. The predicted molar refractivity (Wildman–Crippen MR) is 100 cm³/mol. The van der Waals surface area contributed by atoms with Crippen LogP contribution in [0.4, 0.5) is 4.39 Å². The van der Waals surface area contributed by atoms with Crippen LogP contribution in [0.1, 0.15) is 31.4 Å². The summed E-state index contributed by atoms with van der Waals surface area (Å²) in [4.78, 5) is 4.35. The molecule has 5 nitrogen and oxygen atoms in total. The van der Waals surface area contributed by atoms with Gasteiger partial charge in [-0.05, 0) is 32.4 Å². The van der Waals surface area contributed by atoms with Crippen molar-refractivity contribution in [3.63, 3.8) is 0 Å². The summed E-state index contributed by atoms with van der Waals surface area (Å²) in [5.41, 5.74) is 0.775. The third kappa shape index (κ3) is 8.71. The van der Waals surface area contributed by atoms with Crippen molar-refractivity contribution < 1.29 is 9.13 Å². The Morgan fingerprint density at radius 1 is 1.35 bits per heavy atom. The standard InChI is InChI=1S/C16H23FN4O.HI/c1-3-19-16(20-8-5-9-22-4-2)21-12-14-7-6-13(11-18)10-15(14)17;/h6-7,10H,3-5,8-9,12H2,1-2H3,(H2,19,20,21);1H. The van der Waals surface area contributed by atoms with Gasteiger partial charge in [0.15, 0.2) is 5.96 Å². The maximum Gasteiger partial charge on any atom is 0.191 e. The maximum atomic E-state index is 13.8. The summed E-state index contributed by atoms with van der Waals surface area (Å²) in [6.45, 7) is 7.04. The van der Waals surface area contributed by atoms with Crippen molar-refractivity contribution in [1.82, 2.24) is 10.6 Å². The molecule has 0 saturated heterocycles. The molecule has 2 N–H and O–H groups in total. The van der Waals surface area contributed by atoms with Gasteiger partial charge < -0.3 is 15.4 Å². The van der Waals surface area contributed by atoms with E-state index in [0.29, 0.717) is 30.3 Å². The van der Waals surface area contributed by atoms with Gasteiger partial charge in [-0.15, -0.1) is 24.0 Å². The summed E-state index contributed by atoms with van der Waals surface area (Å²) in [5.74, 6) is 0.234. The van der Waals surface area contributed by atoms with Crippen LogP contribution < -0.4 is 10.6 Å². The average molecular weight is 434 g/mol. The van der Waals surface area contributed by atoms with Crippen LogP contribution in [-0.4, -0.2) is 32.3 Å². The average Bonchev–Trinajstić information content (AvgIpc) is 2.53. The minimum Gasteiger partial charge on any atom is -0.382 e. The van der Waals surface area contributed by atoms with Gasteiger partial charge in [-0.2, -0.15) is 5.26 Å². The fourth-order valence-electron chi connectivity index (χ4n) is 1.78. The highest BCUT2D eigenvalue weighted by Gasteiger charge is 2.04. The van der Waals surface area contributed by atoms with Gasteiger partial charge in [0.25, 0.3) is 0 Å². The van der Waals surface area contributed by atoms with E-state index in [0.717, 1.165) is 19.5 Å². The molecule has 0 unspecified atom stereocenters. The fourth-order valence-corrected chi connectivity index (χ4v) is 1.78. The first-order valence-electron chi connectivity index (χ1n) is 7.49. The highest BCUT2D eigenvalue weighted by molar-refractivity contribution is 14.0. The van der Waals surface area contributed by atoms with E-state index in [9.17, 15) is 4.39 Å². The number of nitriles is 1. The van der Waals surface area contributed by atoms with E-state index >= 15 is 0 Å². The zero-order valence-corrected chi connectivity index (χ0v) is 15.9. The van der Waals surface area contributed by atoms with Gasteiger partial charge in [-0.1, -0.05) is 6.07 Å². The number of aliphatic imine (C=N–C) groups is 1. The molecular weight excluding hydrogens is 410 g/mol. The molecule has 1 aromatic carbocycles. The zero-order valence-electron chi connectivity index (χ0n) is 13.6. The summed E-state index contributed by atoms with van der Waals surface area (Å²) >= 11 is 0. The van der Waals surface area contributed by atoms with Crippen LogP contribution in [0.25, 0.3) is 0 Å². The van der Waals surface area contributed by atoms with E-state index < -0.39 is 5.82 Å². The Morgan fingerprint density at radius 2 is 2.13 bits per heavy atom. The summed E-state index contributed by atoms with van der Waals surface area (Å²) in [5, 5.41) is 15.0. The van der Waals surface area contributed by atoms with E-state index in [2.05, 4.69) is 15.6 Å². The molecule has 0 saturated carbocycles. The molecule has 0 amide bonds.